The predicted octanol–water partition coefficient (Wildman–Crippen LogP) is 3.26. The number of amides is 2. The lowest BCUT2D eigenvalue weighted by Crippen LogP contribution is -2.34. The van der Waals surface area contributed by atoms with Gasteiger partial charge in [0.2, 0.25) is 11.8 Å². The van der Waals surface area contributed by atoms with Crippen molar-refractivity contribution in [1.29, 1.82) is 0 Å². The van der Waals surface area contributed by atoms with Gasteiger partial charge >= 0.3 is 0 Å². The monoisotopic (exact) mass is 448 g/mol. The molecule has 0 fully saturated rings. The van der Waals surface area contributed by atoms with Crippen molar-refractivity contribution >= 4 is 27.7 Å². The number of aliphatic hydroxyl groups is 1. The Morgan fingerprint density at radius 3 is 2.61 bits per heavy atom. The fourth-order valence-electron chi connectivity index (χ4n) is 2.84. The van der Waals surface area contributed by atoms with Crippen LogP contribution < -0.4 is 15.4 Å². The third-order valence-electron chi connectivity index (χ3n) is 4.09. The first-order chi connectivity index (χ1) is 13.4. The highest BCUT2D eigenvalue weighted by atomic mass is 79.9. The average molecular weight is 449 g/mol. The molecule has 3 N–H and O–H groups in total. The molecular weight excluding hydrogens is 424 g/mol. The van der Waals surface area contributed by atoms with Crippen molar-refractivity contribution in [2.24, 2.45) is 0 Å². The van der Waals surface area contributed by atoms with Crippen molar-refractivity contribution in [3.63, 3.8) is 0 Å². The fourth-order valence-corrected chi connectivity index (χ4v) is 3.26. The summed E-state index contributed by atoms with van der Waals surface area (Å²) in [6, 6.07) is 14.1. The van der Waals surface area contributed by atoms with E-state index in [1.54, 1.807) is 12.1 Å². The first-order valence-corrected chi connectivity index (χ1v) is 9.89. The maximum atomic E-state index is 12.5. The van der Waals surface area contributed by atoms with Crippen molar-refractivity contribution in [2.45, 2.75) is 32.4 Å². The second-order valence-corrected chi connectivity index (χ2v) is 7.22. The third kappa shape index (κ3) is 6.65. The molecule has 0 spiro atoms. The van der Waals surface area contributed by atoms with Gasteiger partial charge in [-0.1, -0.05) is 46.3 Å². The predicted molar refractivity (Wildman–Crippen MR) is 111 cm³/mol. The van der Waals surface area contributed by atoms with Gasteiger partial charge in [-0.25, -0.2) is 0 Å². The number of carbonyl (C=O) groups excluding carboxylic acids is 2. The Kier molecular flexibility index (Phi) is 8.47. The number of aliphatic hydroxyl groups excluding tert-OH is 1. The van der Waals surface area contributed by atoms with E-state index in [1.807, 2.05) is 43.3 Å². The summed E-state index contributed by atoms with van der Waals surface area (Å²) < 4.78 is 6.48. The molecule has 150 valence electrons. The number of hydrogen-bond donors (Lipinski definition) is 3. The number of ether oxygens (including phenoxy) is 1. The summed E-state index contributed by atoms with van der Waals surface area (Å²) in [5.41, 5.74) is 1.44. The molecule has 2 amide bonds. The van der Waals surface area contributed by atoms with E-state index in [0.29, 0.717) is 17.9 Å². The van der Waals surface area contributed by atoms with E-state index in [9.17, 15) is 14.7 Å². The maximum Gasteiger partial charge on any atom is 0.222 e. The van der Waals surface area contributed by atoms with Crippen LogP contribution >= 0.6 is 15.9 Å². The summed E-state index contributed by atoms with van der Waals surface area (Å²) in [4.78, 5) is 24.1. The smallest absolute Gasteiger partial charge is 0.222 e. The summed E-state index contributed by atoms with van der Waals surface area (Å²) in [6.07, 6.45) is -0.786. The number of halogens is 1. The van der Waals surface area contributed by atoms with Gasteiger partial charge in [0.25, 0.3) is 0 Å². The molecule has 2 rings (SSSR count). The molecule has 0 aliphatic heterocycles. The van der Waals surface area contributed by atoms with Crippen molar-refractivity contribution in [1.82, 2.24) is 10.6 Å². The van der Waals surface area contributed by atoms with E-state index >= 15 is 0 Å². The number of hydrogen-bond acceptors (Lipinski definition) is 4. The van der Waals surface area contributed by atoms with E-state index in [0.717, 1.165) is 10.0 Å². The van der Waals surface area contributed by atoms with Crippen LogP contribution in [-0.2, 0) is 9.59 Å². The number of nitrogens with one attached hydrogen (secondary N) is 2. The molecule has 0 aliphatic carbocycles. The Hall–Kier alpha value is -2.38. The molecule has 6 nitrogen and oxygen atoms in total. The lowest BCUT2D eigenvalue weighted by atomic mass is 10.0. The van der Waals surface area contributed by atoms with Crippen LogP contribution in [0.15, 0.2) is 53.0 Å². The minimum atomic E-state index is -0.823. The molecule has 28 heavy (non-hydrogen) atoms. The van der Waals surface area contributed by atoms with Gasteiger partial charge in [0, 0.05) is 23.5 Å². The Morgan fingerprint density at radius 2 is 1.93 bits per heavy atom. The zero-order chi connectivity index (χ0) is 20.5. The molecule has 0 aromatic heterocycles. The summed E-state index contributed by atoms with van der Waals surface area (Å²) in [7, 11) is 0. The van der Waals surface area contributed by atoms with Crippen LogP contribution in [0.5, 0.6) is 5.75 Å². The summed E-state index contributed by atoms with van der Waals surface area (Å²) in [5, 5.41) is 15.8. The number of benzene rings is 2. The molecule has 2 aromatic carbocycles. The van der Waals surface area contributed by atoms with Crippen LogP contribution in [0.25, 0.3) is 0 Å². The van der Waals surface area contributed by atoms with Crippen molar-refractivity contribution in [3.8, 4) is 5.75 Å². The van der Waals surface area contributed by atoms with E-state index < -0.39 is 12.1 Å². The SMILES string of the molecule is CCOc1ccccc1[C@@H](CC(=O)NC[C@H](O)c1cccc(Br)c1)NC(C)=O. The standard InChI is InChI=1S/C21H25BrN2O4/c1-3-28-20-10-5-4-9-17(20)18(24-14(2)25)12-21(27)23-13-19(26)15-7-6-8-16(22)11-15/h4-11,18-19,26H,3,12-13H2,1-2H3,(H,23,27)(H,24,25)/t18-,19+/m1/s1. The zero-order valence-electron chi connectivity index (χ0n) is 15.9. The fraction of sp³-hybridized carbons (Fsp3) is 0.333. The van der Waals surface area contributed by atoms with Gasteiger partial charge in [-0.3, -0.25) is 9.59 Å². The van der Waals surface area contributed by atoms with Crippen LogP contribution in [-0.4, -0.2) is 30.1 Å². The van der Waals surface area contributed by atoms with E-state index in [-0.39, 0.29) is 24.8 Å². The van der Waals surface area contributed by atoms with Crippen LogP contribution in [0.4, 0.5) is 0 Å². The normalized spacial score (nSPS) is 12.7. The number of para-hydroxylation sites is 1. The Bertz CT molecular complexity index is 812. The molecular formula is C21H25BrN2O4. The molecule has 0 bridgehead atoms. The largest absolute Gasteiger partial charge is 0.494 e. The minimum absolute atomic E-state index is 0.0366. The molecule has 7 heteroatoms. The van der Waals surface area contributed by atoms with Gasteiger partial charge in [0.15, 0.2) is 0 Å². The van der Waals surface area contributed by atoms with Gasteiger partial charge in [-0.15, -0.1) is 0 Å². The Balaban J connectivity index is 2.04. The first-order valence-electron chi connectivity index (χ1n) is 9.09. The maximum absolute atomic E-state index is 12.5. The summed E-state index contributed by atoms with van der Waals surface area (Å²) in [6.45, 7) is 3.84. The molecule has 0 aliphatic rings. The molecule has 0 unspecified atom stereocenters. The van der Waals surface area contributed by atoms with Crippen LogP contribution in [0.3, 0.4) is 0 Å². The van der Waals surface area contributed by atoms with Crippen molar-refractivity contribution in [2.75, 3.05) is 13.2 Å². The van der Waals surface area contributed by atoms with Gasteiger partial charge in [-0.05, 0) is 30.7 Å². The molecule has 0 saturated heterocycles. The van der Waals surface area contributed by atoms with Gasteiger partial charge in [0.1, 0.15) is 5.75 Å². The molecule has 0 saturated carbocycles. The molecule has 2 atom stereocenters. The molecule has 2 aromatic rings. The second-order valence-electron chi connectivity index (χ2n) is 6.30. The lowest BCUT2D eigenvalue weighted by molar-refractivity contribution is -0.123. The lowest BCUT2D eigenvalue weighted by Gasteiger charge is -2.21. The third-order valence-corrected chi connectivity index (χ3v) is 4.58. The highest BCUT2D eigenvalue weighted by Crippen LogP contribution is 2.27. The Labute approximate surface area is 173 Å². The quantitative estimate of drug-likeness (QED) is 0.549. The molecule has 0 heterocycles. The van der Waals surface area contributed by atoms with Crippen LogP contribution in [0, 0.1) is 0 Å². The van der Waals surface area contributed by atoms with Gasteiger partial charge in [-0.2, -0.15) is 0 Å². The van der Waals surface area contributed by atoms with Crippen LogP contribution in [0.2, 0.25) is 0 Å². The first kappa shape index (κ1) is 21.9. The number of rotatable bonds is 9. The van der Waals surface area contributed by atoms with Gasteiger partial charge in [0.05, 0.1) is 25.2 Å². The summed E-state index contributed by atoms with van der Waals surface area (Å²) in [5.74, 6) is 0.114. The van der Waals surface area contributed by atoms with E-state index in [2.05, 4.69) is 26.6 Å². The minimum Gasteiger partial charge on any atom is -0.494 e. The average Bonchev–Trinajstić information content (AvgIpc) is 2.66. The topological polar surface area (TPSA) is 87.7 Å². The highest BCUT2D eigenvalue weighted by molar-refractivity contribution is 9.10. The second kappa shape index (κ2) is 10.8. The molecule has 0 radical (unpaired) electrons. The van der Waals surface area contributed by atoms with Crippen molar-refractivity contribution in [3.05, 3.63) is 64.1 Å². The Morgan fingerprint density at radius 1 is 1.18 bits per heavy atom. The van der Waals surface area contributed by atoms with E-state index in [1.165, 1.54) is 6.92 Å². The summed E-state index contributed by atoms with van der Waals surface area (Å²) >= 11 is 3.36. The highest BCUT2D eigenvalue weighted by Gasteiger charge is 2.21. The van der Waals surface area contributed by atoms with E-state index in [4.69, 9.17) is 4.74 Å². The van der Waals surface area contributed by atoms with Gasteiger partial charge < -0.3 is 20.5 Å². The van der Waals surface area contributed by atoms with Crippen LogP contribution in [0.1, 0.15) is 43.5 Å². The van der Waals surface area contributed by atoms with Crippen molar-refractivity contribution < 1.29 is 19.4 Å². The number of carbonyl (C=O) groups is 2. The zero-order valence-corrected chi connectivity index (χ0v) is 17.5.